The second-order valence-corrected chi connectivity index (χ2v) is 6.71. The molecule has 1 aliphatic carbocycles. The number of nitrogens with zero attached hydrogens (tertiary/aromatic N) is 1. The van der Waals surface area contributed by atoms with Crippen LogP contribution in [-0.2, 0) is 12.8 Å². The van der Waals surface area contributed by atoms with Crippen molar-refractivity contribution < 1.29 is 9.90 Å². The van der Waals surface area contributed by atoms with Gasteiger partial charge in [-0.2, -0.15) is 0 Å². The van der Waals surface area contributed by atoms with E-state index in [0.29, 0.717) is 0 Å². The molecule has 1 aromatic rings. The number of halogens is 1. The molecule has 0 heterocycles. The van der Waals surface area contributed by atoms with Crippen molar-refractivity contribution in [2.45, 2.75) is 45.2 Å². The molecule has 1 unspecified atom stereocenters. The van der Waals surface area contributed by atoms with Crippen LogP contribution in [0.4, 0.5) is 4.79 Å². The van der Waals surface area contributed by atoms with Crippen molar-refractivity contribution in [2.24, 2.45) is 0 Å². The Morgan fingerprint density at radius 3 is 2.50 bits per heavy atom. The van der Waals surface area contributed by atoms with Crippen molar-refractivity contribution in [1.29, 1.82) is 0 Å². The van der Waals surface area contributed by atoms with Crippen LogP contribution in [0.25, 0.3) is 0 Å². The fourth-order valence-corrected chi connectivity index (χ4v) is 3.15. The lowest BCUT2D eigenvalue weighted by atomic mass is 10.0. The summed E-state index contributed by atoms with van der Waals surface area (Å²) in [4.78, 5) is 13.1. The molecule has 18 heavy (non-hydrogen) atoms. The Morgan fingerprint density at radius 1 is 1.33 bits per heavy atom. The van der Waals surface area contributed by atoms with Gasteiger partial charge in [0.05, 0.1) is 0 Å². The Hall–Kier alpha value is -1.03. The highest BCUT2D eigenvalue weighted by atomic mass is 79.9. The van der Waals surface area contributed by atoms with Crippen molar-refractivity contribution in [3.05, 3.63) is 33.8 Å². The van der Waals surface area contributed by atoms with Gasteiger partial charge in [0.1, 0.15) is 0 Å². The van der Waals surface area contributed by atoms with E-state index in [0.717, 1.165) is 17.3 Å². The maximum absolute atomic E-state index is 11.5. The first-order valence-electron chi connectivity index (χ1n) is 6.08. The van der Waals surface area contributed by atoms with Gasteiger partial charge >= 0.3 is 6.09 Å². The van der Waals surface area contributed by atoms with Crippen LogP contribution < -0.4 is 0 Å². The number of carboxylic acid groups (broad SMARTS) is 1. The van der Waals surface area contributed by atoms with Gasteiger partial charge in [0, 0.05) is 16.1 Å². The summed E-state index contributed by atoms with van der Waals surface area (Å²) in [6.07, 6.45) is 0.782. The molecular formula is C14H18BrNO2. The monoisotopic (exact) mass is 311 g/mol. The summed E-state index contributed by atoms with van der Waals surface area (Å²) < 4.78 is 1.06. The number of hydrogen-bond donors (Lipinski definition) is 1. The minimum absolute atomic E-state index is 0.0480. The molecule has 2 rings (SSSR count). The van der Waals surface area contributed by atoms with Crippen LogP contribution in [0.15, 0.2) is 22.7 Å². The van der Waals surface area contributed by atoms with E-state index in [-0.39, 0.29) is 11.6 Å². The SMILES string of the molecule is CC(C)(C)N(C(=O)O)C1Cc2ccc(Br)cc2C1. The summed E-state index contributed by atoms with van der Waals surface area (Å²) in [5.41, 5.74) is 2.15. The fourth-order valence-electron chi connectivity index (χ4n) is 2.74. The average molecular weight is 312 g/mol. The van der Waals surface area contributed by atoms with Gasteiger partial charge in [0.2, 0.25) is 0 Å². The zero-order valence-electron chi connectivity index (χ0n) is 10.9. The summed E-state index contributed by atoms with van der Waals surface area (Å²) in [6, 6.07) is 6.25. The molecule has 4 heteroatoms. The molecule has 1 N–H and O–H groups in total. The minimum Gasteiger partial charge on any atom is -0.465 e. The van der Waals surface area contributed by atoms with Crippen molar-refractivity contribution in [3.63, 3.8) is 0 Å². The van der Waals surface area contributed by atoms with Gasteiger partial charge in [-0.05, 0) is 56.9 Å². The van der Waals surface area contributed by atoms with Gasteiger partial charge in [-0.25, -0.2) is 4.79 Å². The number of fused-ring (bicyclic) bond motifs is 1. The molecule has 0 saturated carbocycles. The summed E-state index contributed by atoms with van der Waals surface area (Å²) in [6.45, 7) is 5.83. The third-order valence-electron chi connectivity index (χ3n) is 3.37. The Morgan fingerprint density at radius 2 is 1.94 bits per heavy atom. The molecule has 3 nitrogen and oxygen atoms in total. The molecule has 0 spiro atoms. The second-order valence-electron chi connectivity index (χ2n) is 5.80. The quantitative estimate of drug-likeness (QED) is 0.859. The zero-order chi connectivity index (χ0) is 13.5. The van der Waals surface area contributed by atoms with Crippen LogP contribution in [0.5, 0.6) is 0 Å². The fraction of sp³-hybridized carbons (Fsp3) is 0.500. The van der Waals surface area contributed by atoms with E-state index in [1.165, 1.54) is 11.1 Å². The van der Waals surface area contributed by atoms with Crippen molar-refractivity contribution in [1.82, 2.24) is 4.90 Å². The van der Waals surface area contributed by atoms with Crippen LogP contribution in [0.3, 0.4) is 0 Å². The first-order chi connectivity index (χ1) is 8.29. The van der Waals surface area contributed by atoms with Crippen molar-refractivity contribution in [2.75, 3.05) is 0 Å². The normalized spacial score (nSPS) is 18.6. The Bertz CT molecular complexity index is 479. The molecule has 1 atom stereocenters. The average Bonchev–Trinajstić information content (AvgIpc) is 2.56. The molecule has 98 valence electrons. The molecule has 1 aliphatic rings. The third kappa shape index (κ3) is 2.53. The summed E-state index contributed by atoms with van der Waals surface area (Å²) in [5.74, 6) is 0. The van der Waals surface area contributed by atoms with Crippen LogP contribution in [-0.4, -0.2) is 27.7 Å². The lowest BCUT2D eigenvalue weighted by molar-refractivity contribution is 0.0731. The van der Waals surface area contributed by atoms with E-state index in [2.05, 4.69) is 28.1 Å². The number of hydrogen-bond acceptors (Lipinski definition) is 1. The van der Waals surface area contributed by atoms with Crippen LogP contribution >= 0.6 is 15.9 Å². The van der Waals surface area contributed by atoms with E-state index in [1.54, 1.807) is 4.90 Å². The van der Waals surface area contributed by atoms with Gasteiger partial charge in [-0.1, -0.05) is 22.0 Å². The topological polar surface area (TPSA) is 40.5 Å². The smallest absolute Gasteiger partial charge is 0.408 e. The van der Waals surface area contributed by atoms with E-state index in [9.17, 15) is 9.90 Å². The summed E-state index contributed by atoms with van der Waals surface area (Å²) >= 11 is 3.46. The number of carbonyl (C=O) groups is 1. The Labute approximate surface area is 116 Å². The molecule has 0 fully saturated rings. The van der Waals surface area contributed by atoms with Gasteiger partial charge in [-0.15, -0.1) is 0 Å². The van der Waals surface area contributed by atoms with Crippen molar-refractivity contribution in [3.8, 4) is 0 Å². The van der Waals surface area contributed by atoms with E-state index >= 15 is 0 Å². The molecular weight excluding hydrogens is 294 g/mol. The van der Waals surface area contributed by atoms with Crippen LogP contribution in [0.1, 0.15) is 31.9 Å². The van der Waals surface area contributed by atoms with E-state index in [4.69, 9.17) is 0 Å². The van der Waals surface area contributed by atoms with Crippen LogP contribution in [0.2, 0.25) is 0 Å². The second kappa shape index (κ2) is 4.57. The van der Waals surface area contributed by atoms with Crippen molar-refractivity contribution >= 4 is 22.0 Å². The van der Waals surface area contributed by atoms with Gasteiger partial charge < -0.3 is 5.11 Å². The first kappa shape index (κ1) is 13.4. The highest BCUT2D eigenvalue weighted by Gasteiger charge is 2.36. The standard InChI is InChI=1S/C14H18BrNO2/c1-14(2,3)16(13(17)18)12-7-9-4-5-11(15)6-10(9)8-12/h4-6,12H,7-8H2,1-3H3,(H,17,18). The molecule has 1 amide bonds. The molecule has 0 bridgehead atoms. The molecule has 0 radical (unpaired) electrons. The van der Waals surface area contributed by atoms with Crippen LogP contribution in [0, 0.1) is 0 Å². The third-order valence-corrected chi connectivity index (χ3v) is 3.87. The molecule has 1 aromatic carbocycles. The number of benzene rings is 1. The Balaban J connectivity index is 2.26. The summed E-state index contributed by atoms with van der Waals surface area (Å²) in [7, 11) is 0. The number of amides is 1. The zero-order valence-corrected chi connectivity index (χ0v) is 12.5. The molecule has 0 aliphatic heterocycles. The maximum atomic E-state index is 11.5. The van der Waals surface area contributed by atoms with Gasteiger partial charge in [-0.3, -0.25) is 4.90 Å². The number of rotatable bonds is 1. The predicted molar refractivity (Wildman–Crippen MR) is 75.0 cm³/mol. The lowest BCUT2D eigenvalue weighted by Gasteiger charge is -2.38. The predicted octanol–water partition coefficient (Wildman–Crippen LogP) is 3.69. The van der Waals surface area contributed by atoms with Gasteiger partial charge in [0.15, 0.2) is 0 Å². The maximum Gasteiger partial charge on any atom is 0.408 e. The lowest BCUT2D eigenvalue weighted by Crippen LogP contribution is -2.51. The largest absolute Gasteiger partial charge is 0.465 e. The summed E-state index contributed by atoms with van der Waals surface area (Å²) in [5, 5.41) is 9.42. The first-order valence-corrected chi connectivity index (χ1v) is 6.88. The highest BCUT2D eigenvalue weighted by molar-refractivity contribution is 9.10. The molecule has 0 aromatic heterocycles. The minimum atomic E-state index is -0.834. The Kier molecular flexibility index (Phi) is 3.41. The molecule has 0 saturated heterocycles. The van der Waals surface area contributed by atoms with E-state index < -0.39 is 6.09 Å². The highest BCUT2D eigenvalue weighted by Crippen LogP contribution is 2.31. The van der Waals surface area contributed by atoms with E-state index in [1.807, 2.05) is 26.8 Å². The van der Waals surface area contributed by atoms with Gasteiger partial charge in [0.25, 0.3) is 0 Å².